The first-order valence-electron chi connectivity index (χ1n) is 6.62. The predicted octanol–water partition coefficient (Wildman–Crippen LogP) is 0.182. The summed E-state index contributed by atoms with van der Waals surface area (Å²) in [5.41, 5.74) is -1.49. The Hall–Kier alpha value is -1.97. The molecular weight excluding hydrogens is 380 g/mol. The Balaban J connectivity index is 2.73. The zero-order valence-electron chi connectivity index (χ0n) is 12.2. The highest BCUT2D eigenvalue weighted by atomic mass is 79.9. The number of nitrogens with one attached hydrogen (secondary N) is 3. The lowest BCUT2D eigenvalue weighted by molar-refractivity contribution is -0.144. The Labute approximate surface area is 139 Å². The minimum atomic E-state index is -3.75. The number of allylic oxidation sites excluding steroid dienone is 2. The minimum absolute atomic E-state index is 0.164. The highest BCUT2D eigenvalue weighted by Gasteiger charge is 2.40. The van der Waals surface area contributed by atoms with Crippen molar-refractivity contribution in [3.05, 3.63) is 24.4 Å². The molecule has 0 radical (unpaired) electrons. The number of dihydropyridines is 1. The van der Waals surface area contributed by atoms with Gasteiger partial charge in [-0.05, 0) is 25.3 Å². The molecule has 23 heavy (non-hydrogen) atoms. The maximum absolute atomic E-state index is 12.8. The minimum Gasteiger partial charge on any atom is -0.465 e. The van der Waals surface area contributed by atoms with Crippen molar-refractivity contribution in [2.24, 2.45) is 0 Å². The number of carbonyl (C=O) groups excluding carboxylic acids is 3. The molecule has 0 aliphatic carbocycles. The van der Waals surface area contributed by atoms with Crippen molar-refractivity contribution in [2.75, 3.05) is 19.7 Å². The molecule has 0 bridgehead atoms. The summed E-state index contributed by atoms with van der Waals surface area (Å²) in [6.45, 7) is 0.962. The van der Waals surface area contributed by atoms with E-state index in [0.717, 1.165) is 0 Å². The first kappa shape index (κ1) is 19.1. The number of hydrogen-bond acceptors (Lipinski definition) is 5. The average molecular weight is 396 g/mol. The molecule has 7 nitrogen and oxygen atoms in total. The Morgan fingerprint density at radius 3 is 2.52 bits per heavy atom. The third kappa shape index (κ3) is 5.62. The number of esters is 1. The molecule has 0 aromatic heterocycles. The topological polar surface area (TPSA) is 96.5 Å². The van der Waals surface area contributed by atoms with Crippen molar-refractivity contribution >= 4 is 33.7 Å². The molecule has 0 saturated heterocycles. The van der Waals surface area contributed by atoms with Crippen molar-refractivity contribution in [3.63, 3.8) is 0 Å². The summed E-state index contributed by atoms with van der Waals surface area (Å²) >= 11 is 1.93. The first-order valence-corrected chi connectivity index (χ1v) is 7.41. The van der Waals surface area contributed by atoms with E-state index in [9.17, 15) is 23.2 Å². The van der Waals surface area contributed by atoms with Crippen molar-refractivity contribution in [1.29, 1.82) is 0 Å². The molecule has 0 aromatic carbocycles. The van der Waals surface area contributed by atoms with Crippen molar-refractivity contribution < 1.29 is 27.9 Å². The fourth-order valence-electron chi connectivity index (χ4n) is 1.69. The maximum Gasteiger partial charge on any atom is 0.377 e. The van der Waals surface area contributed by atoms with Gasteiger partial charge < -0.3 is 20.7 Å². The molecule has 1 aliphatic rings. The zero-order chi connectivity index (χ0) is 17.5. The lowest BCUT2D eigenvalue weighted by Crippen LogP contribution is -2.61. The van der Waals surface area contributed by atoms with E-state index in [1.165, 1.54) is 18.4 Å². The Bertz CT molecular complexity index is 534. The van der Waals surface area contributed by atoms with Gasteiger partial charge in [0, 0.05) is 15.9 Å². The summed E-state index contributed by atoms with van der Waals surface area (Å²) in [6, 6.07) is 0. The number of alkyl halides is 3. The molecule has 1 aliphatic heterocycles. The number of hydrogen-bond donors (Lipinski definition) is 3. The molecule has 1 atom stereocenters. The van der Waals surface area contributed by atoms with Crippen LogP contribution < -0.4 is 16.0 Å². The molecule has 1 unspecified atom stereocenters. The van der Waals surface area contributed by atoms with Crippen LogP contribution in [0.15, 0.2) is 24.4 Å². The van der Waals surface area contributed by atoms with Crippen LogP contribution in [-0.4, -0.2) is 47.9 Å². The highest BCUT2D eigenvalue weighted by molar-refractivity contribution is 9.10. The summed E-state index contributed by atoms with van der Waals surface area (Å²) in [7, 11) is 0. The van der Waals surface area contributed by atoms with Gasteiger partial charge in [0.1, 0.15) is 6.54 Å². The van der Waals surface area contributed by atoms with Crippen molar-refractivity contribution in [2.45, 2.75) is 17.3 Å². The van der Waals surface area contributed by atoms with Gasteiger partial charge in [0.25, 0.3) is 5.91 Å². The Morgan fingerprint density at radius 2 is 2.00 bits per heavy atom. The van der Waals surface area contributed by atoms with Crippen LogP contribution in [0.1, 0.15) is 6.92 Å². The van der Waals surface area contributed by atoms with E-state index < -0.39 is 34.7 Å². The fourth-order valence-corrected chi connectivity index (χ4v) is 1.83. The van der Waals surface area contributed by atoms with Crippen LogP contribution in [0.5, 0.6) is 0 Å². The van der Waals surface area contributed by atoms with E-state index in [-0.39, 0.29) is 13.2 Å². The van der Waals surface area contributed by atoms with Crippen molar-refractivity contribution in [1.82, 2.24) is 16.0 Å². The lowest BCUT2D eigenvalue weighted by Gasteiger charge is -2.31. The second kappa shape index (κ2) is 8.04. The SMILES string of the molecule is CCOC(=O)CNC(=O)C1(CNC(=O)C(F)(F)Br)C=CC=CN1. The van der Waals surface area contributed by atoms with Crippen LogP contribution in [0, 0.1) is 0 Å². The molecule has 0 spiro atoms. The van der Waals surface area contributed by atoms with E-state index in [1.807, 2.05) is 21.2 Å². The first-order chi connectivity index (χ1) is 10.7. The van der Waals surface area contributed by atoms with Crippen molar-refractivity contribution in [3.8, 4) is 0 Å². The van der Waals surface area contributed by atoms with Crippen LogP contribution in [0.25, 0.3) is 0 Å². The second-order valence-corrected chi connectivity index (χ2v) is 5.50. The summed E-state index contributed by atoms with van der Waals surface area (Å²) < 4.78 is 30.3. The van der Waals surface area contributed by atoms with Crippen LogP contribution in [-0.2, 0) is 19.1 Å². The molecule has 0 aromatic rings. The summed E-state index contributed by atoms with van der Waals surface area (Å²) in [5.74, 6) is -2.90. The third-order valence-electron chi connectivity index (χ3n) is 2.82. The van der Waals surface area contributed by atoms with Crippen LogP contribution in [0.3, 0.4) is 0 Å². The van der Waals surface area contributed by atoms with Gasteiger partial charge in [-0.25, -0.2) is 0 Å². The van der Waals surface area contributed by atoms with E-state index in [1.54, 1.807) is 13.0 Å². The van der Waals surface area contributed by atoms with E-state index >= 15 is 0 Å². The van der Waals surface area contributed by atoms with Gasteiger partial charge in [-0.2, -0.15) is 8.78 Å². The van der Waals surface area contributed by atoms with Gasteiger partial charge in [-0.3, -0.25) is 14.4 Å². The number of ether oxygens (including phenoxy) is 1. The largest absolute Gasteiger partial charge is 0.465 e. The molecule has 0 saturated carbocycles. The summed E-state index contributed by atoms with van der Waals surface area (Å²) in [5, 5.41) is 6.98. The third-order valence-corrected chi connectivity index (χ3v) is 3.18. The number of carbonyl (C=O) groups is 3. The molecule has 1 rings (SSSR count). The average Bonchev–Trinajstić information content (AvgIpc) is 2.50. The van der Waals surface area contributed by atoms with Crippen LogP contribution >= 0.6 is 15.9 Å². The van der Waals surface area contributed by atoms with Gasteiger partial charge in [-0.1, -0.05) is 6.08 Å². The predicted molar refractivity (Wildman–Crippen MR) is 80.7 cm³/mol. The quantitative estimate of drug-likeness (QED) is 0.422. The van der Waals surface area contributed by atoms with Gasteiger partial charge >= 0.3 is 16.7 Å². The zero-order valence-corrected chi connectivity index (χ0v) is 13.8. The summed E-state index contributed by atoms with van der Waals surface area (Å²) in [6.07, 6.45) is 5.90. The van der Waals surface area contributed by atoms with Crippen LogP contribution in [0.2, 0.25) is 0 Å². The van der Waals surface area contributed by atoms with E-state index in [2.05, 4.69) is 15.4 Å². The second-order valence-electron chi connectivity index (χ2n) is 4.50. The fraction of sp³-hybridized carbons (Fsp3) is 0.462. The number of halogens is 3. The highest BCUT2D eigenvalue weighted by Crippen LogP contribution is 2.21. The Kier molecular flexibility index (Phi) is 6.67. The van der Waals surface area contributed by atoms with E-state index in [0.29, 0.717) is 0 Å². The molecule has 10 heteroatoms. The maximum atomic E-state index is 12.8. The smallest absolute Gasteiger partial charge is 0.377 e. The van der Waals surface area contributed by atoms with Gasteiger partial charge in [-0.15, -0.1) is 0 Å². The standard InChI is InChI=1S/C13H16BrF2N3O4/c1-2-23-9(20)7-17-10(21)12(5-3-4-6-19-12)8-18-11(22)13(14,15)16/h3-6,19H,2,7-8H2,1H3,(H,17,21)(H,18,22). The molecule has 3 N–H and O–H groups in total. The monoisotopic (exact) mass is 395 g/mol. The Morgan fingerprint density at radius 1 is 1.30 bits per heavy atom. The molecule has 0 fully saturated rings. The lowest BCUT2D eigenvalue weighted by atomic mass is 9.95. The summed E-state index contributed by atoms with van der Waals surface area (Å²) in [4.78, 5) is 31.0. The molecule has 128 valence electrons. The van der Waals surface area contributed by atoms with E-state index in [4.69, 9.17) is 0 Å². The van der Waals surface area contributed by atoms with Gasteiger partial charge in [0.2, 0.25) is 0 Å². The van der Waals surface area contributed by atoms with Gasteiger partial charge in [0.05, 0.1) is 13.2 Å². The normalized spacial score (nSPS) is 19.7. The molecule has 2 amide bonds. The number of rotatable bonds is 7. The number of amides is 2. The van der Waals surface area contributed by atoms with Gasteiger partial charge in [0.15, 0.2) is 5.54 Å². The molecular formula is C13H16BrF2N3O4. The van der Waals surface area contributed by atoms with Crippen LogP contribution in [0.4, 0.5) is 8.78 Å². The molecule has 1 heterocycles.